The maximum Gasteiger partial charge on any atom is 0.275 e. The summed E-state index contributed by atoms with van der Waals surface area (Å²) >= 11 is 2.91. The summed E-state index contributed by atoms with van der Waals surface area (Å²) in [5.41, 5.74) is 1.21. The van der Waals surface area contributed by atoms with Gasteiger partial charge in [0.25, 0.3) is 5.91 Å². The molecule has 22 heavy (non-hydrogen) atoms. The Labute approximate surface area is 137 Å². The molecule has 2 aromatic heterocycles. The summed E-state index contributed by atoms with van der Waals surface area (Å²) in [6.45, 7) is 7.18. The van der Waals surface area contributed by atoms with Crippen LogP contribution in [-0.4, -0.2) is 41.6 Å². The minimum Gasteiger partial charge on any atom is -0.378 e. The van der Waals surface area contributed by atoms with Gasteiger partial charge in [-0.25, -0.2) is 4.98 Å². The van der Waals surface area contributed by atoms with Gasteiger partial charge in [0.05, 0.1) is 30.1 Å². The second-order valence-electron chi connectivity index (χ2n) is 5.32. The Balaban J connectivity index is 1.72. The molecule has 1 fully saturated rings. The Morgan fingerprint density at radius 2 is 2.18 bits per heavy atom. The first-order valence-corrected chi connectivity index (χ1v) is 8.84. The number of hydrogen-bond acceptors (Lipinski definition) is 7. The molecule has 0 atom stereocenters. The third kappa shape index (κ3) is 3.29. The van der Waals surface area contributed by atoms with E-state index < -0.39 is 0 Å². The van der Waals surface area contributed by atoms with E-state index in [-0.39, 0.29) is 5.91 Å². The SMILES string of the molecule is CC(C)c1nc(C(=O)Nc2cnsc2N2CCOCC2)cs1. The van der Waals surface area contributed by atoms with Crippen LogP contribution < -0.4 is 10.2 Å². The van der Waals surface area contributed by atoms with Gasteiger partial charge in [-0.1, -0.05) is 13.8 Å². The van der Waals surface area contributed by atoms with E-state index in [4.69, 9.17) is 4.74 Å². The van der Waals surface area contributed by atoms with Crippen molar-refractivity contribution in [3.05, 3.63) is 22.3 Å². The van der Waals surface area contributed by atoms with Gasteiger partial charge in [-0.3, -0.25) is 4.79 Å². The molecule has 0 bridgehead atoms. The average molecular weight is 338 g/mol. The van der Waals surface area contributed by atoms with Crippen LogP contribution >= 0.6 is 22.9 Å². The molecule has 0 radical (unpaired) electrons. The van der Waals surface area contributed by atoms with Crippen molar-refractivity contribution in [2.75, 3.05) is 36.5 Å². The topological polar surface area (TPSA) is 67.4 Å². The van der Waals surface area contributed by atoms with Crippen molar-refractivity contribution in [1.29, 1.82) is 0 Å². The van der Waals surface area contributed by atoms with Crippen LogP contribution in [-0.2, 0) is 4.74 Å². The number of anilines is 2. The second kappa shape index (κ2) is 6.72. The van der Waals surface area contributed by atoms with E-state index in [9.17, 15) is 4.79 Å². The lowest BCUT2D eigenvalue weighted by atomic mass is 10.2. The first kappa shape index (κ1) is 15.4. The van der Waals surface area contributed by atoms with Gasteiger partial charge in [0, 0.05) is 24.4 Å². The number of thiazole rings is 1. The normalized spacial score (nSPS) is 15.3. The highest BCUT2D eigenvalue weighted by Crippen LogP contribution is 2.31. The lowest BCUT2D eigenvalue weighted by molar-refractivity contribution is 0.102. The van der Waals surface area contributed by atoms with Crippen molar-refractivity contribution in [3.63, 3.8) is 0 Å². The molecule has 8 heteroatoms. The van der Waals surface area contributed by atoms with Gasteiger partial charge >= 0.3 is 0 Å². The minimum atomic E-state index is -0.183. The van der Waals surface area contributed by atoms with Crippen LogP contribution in [0.1, 0.15) is 35.3 Å². The fraction of sp³-hybridized carbons (Fsp3) is 0.500. The summed E-state index contributed by atoms with van der Waals surface area (Å²) in [4.78, 5) is 18.9. The lowest BCUT2D eigenvalue weighted by Crippen LogP contribution is -2.36. The monoisotopic (exact) mass is 338 g/mol. The quantitative estimate of drug-likeness (QED) is 0.928. The second-order valence-corrected chi connectivity index (χ2v) is 6.99. The third-order valence-electron chi connectivity index (χ3n) is 3.35. The van der Waals surface area contributed by atoms with Gasteiger partial charge < -0.3 is 15.0 Å². The number of carbonyl (C=O) groups excluding carboxylic acids is 1. The van der Waals surface area contributed by atoms with Crippen molar-refractivity contribution >= 4 is 39.5 Å². The van der Waals surface area contributed by atoms with Crippen molar-refractivity contribution in [2.24, 2.45) is 0 Å². The molecule has 6 nitrogen and oxygen atoms in total. The van der Waals surface area contributed by atoms with Crippen LogP contribution in [0, 0.1) is 0 Å². The Hall–Kier alpha value is -1.51. The molecule has 1 saturated heterocycles. The zero-order valence-corrected chi connectivity index (χ0v) is 14.2. The highest BCUT2D eigenvalue weighted by atomic mass is 32.1. The molecule has 0 unspecified atom stereocenters. The predicted molar refractivity (Wildman–Crippen MR) is 89.3 cm³/mol. The standard InChI is InChI=1S/C14H18N4O2S2/c1-9(2)13-17-11(8-21-13)12(19)16-10-7-15-22-14(10)18-3-5-20-6-4-18/h7-9H,3-6H2,1-2H3,(H,16,19). The highest BCUT2D eigenvalue weighted by Gasteiger charge is 2.20. The third-order valence-corrected chi connectivity index (χ3v) is 5.35. The number of rotatable bonds is 4. The van der Waals surface area contributed by atoms with Gasteiger partial charge in [-0.2, -0.15) is 4.37 Å². The number of carbonyl (C=O) groups is 1. The summed E-state index contributed by atoms with van der Waals surface area (Å²) in [5.74, 6) is 0.149. The summed E-state index contributed by atoms with van der Waals surface area (Å²) in [7, 11) is 0. The molecular formula is C14H18N4O2S2. The van der Waals surface area contributed by atoms with Crippen molar-refractivity contribution < 1.29 is 9.53 Å². The number of hydrogen-bond donors (Lipinski definition) is 1. The molecule has 1 amide bonds. The highest BCUT2D eigenvalue weighted by molar-refractivity contribution is 7.11. The van der Waals surface area contributed by atoms with Gasteiger partial charge in [-0.05, 0) is 11.5 Å². The molecule has 0 aliphatic carbocycles. The van der Waals surface area contributed by atoms with Crippen LogP contribution in [0.15, 0.2) is 11.6 Å². The van der Waals surface area contributed by atoms with Crippen LogP contribution in [0.4, 0.5) is 10.7 Å². The van der Waals surface area contributed by atoms with Crippen molar-refractivity contribution in [1.82, 2.24) is 9.36 Å². The molecule has 1 N–H and O–H groups in total. The lowest BCUT2D eigenvalue weighted by Gasteiger charge is -2.27. The number of nitrogens with zero attached hydrogens (tertiary/aromatic N) is 3. The Bertz CT molecular complexity index is 647. The van der Waals surface area contributed by atoms with Gasteiger partial charge in [-0.15, -0.1) is 11.3 Å². The fourth-order valence-corrected chi connectivity index (χ4v) is 3.73. The first-order chi connectivity index (χ1) is 10.6. The largest absolute Gasteiger partial charge is 0.378 e. The zero-order valence-electron chi connectivity index (χ0n) is 12.5. The smallest absolute Gasteiger partial charge is 0.275 e. The van der Waals surface area contributed by atoms with E-state index in [1.165, 1.54) is 22.9 Å². The molecule has 1 aliphatic rings. The van der Waals surface area contributed by atoms with Crippen LogP contribution in [0.3, 0.4) is 0 Å². The maximum atomic E-state index is 12.3. The number of nitrogens with one attached hydrogen (secondary N) is 1. The van der Waals surface area contributed by atoms with Crippen LogP contribution in [0.25, 0.3) is 0 Å². The van der Waals surface area contributed by atoms with E-state index in [0.717, 1.165) is 28.8 Å². The predicted octanol–water partition coefficient (Wildman–Crippen LogP) is 2.81. The zero-order chi connectivity index (χ0) is 15.5. The van der Waals surface area contributed by atoms with Gasteiger partial charge in [0.15, 0.2) is 0 Å². The molecule has 1 aliphatic heterocycles. The number of aromatic nitrogens is 2. The minimum absolute atomic E-state index is 0.183. The molecule has 0 saturated carbocycles. The number of amides is 1. The summed E-state index contributed by atoms with van der Waals surface area (Å²) in [5, 5.41) is 6.69. The molecule has 3 heterocycles. The maximum absolute atomic E-state index is 12.3. The molecular weight excluding hydrogens is 320 g/mol. The number of ether oxygens (including phenoxy) is 1. The molecule has 118 valence electrons. The van der Waals surface area contributed by atoms with E-state index in [1.807, 2.05) is 0 Å². The van der Waals surface area contributed by atoms with E-state index >= 15 is 0 Å². The van der Waals surface area contributed by atoms with E-state index in [2.05, 4.69) is 33.4 Å². The average Bonchev–Trinajstić information content (AvgIpc) is 3.17. The first-order valence-electron chi connectivity index (χ1n) is 7.19. The Morgan fingerprint density at radius 1 is 1.41 bits per heavy atom. The Kier molecular flexibility index (Phi) is 4.70. The van der Waals surface area contributed by atoms with E-state index in [1.54, 1.807) is 11.6 Å². The van der Waals surface area contributed by atoms with Crippen molar-refractivity contribution in [2.45, 2.75) is 19.8 Å². The fourth-order valence-electron chi connectivity index (χ4n) is 2.16. The molecule has 2 aromatic rings. The van der Waals surface area contributed by atoms with Gasteiger partial charge in [0.1, 0.15) is 10.7 Å². The molecule has 0 spiro atoms. The molecule has 3 rings (SSSR count). The van der Waals surface area contributed by atoms with E-state index in [0.29, 0.717) is 24.8 Å². The summed E-state index contributed by atoms with van der Waals surface area (Å²) in [6.07, 6.45) is 1.70. The Morgan fingerprint density at radius 3 is 2.86 bits per heavy atom. The molecule has 0 aromatic carbocycles. The summed E-state index contributed by atoms with van der Waals surface area (Å²) in [6, 6.07) is 0. The summed E-state index contributed by atoms with van der Waals surface area (Å²) < 4.78 is 9.56. The number of morpholine rings is 1. The van der Waals surface area contributed by atoms with Crippen LogP contribution in [0.5, 0.6) is 0 Å². The van der Waals surface area contributed by atoms with Crippen LogP contribution in [0.2, 0.25) is 0 Å². The van der Waals surface area contributed by atoms with Gasteiger partial charge in [0.2, 0.25) is 0 Å². The van der Waals surface area contributed by atoms with Crippen molar-refractivity contribution in [3.8, 4) is 0 Å².